The van der Waals surface area contributed by atoms with Crippen molar-refractivity contribution in [2.75, 3.05) is 5.32 Å². The summed E-state index contributed by atoms with van der Waals surface area (Å²) in [6.45, 7) is 0. The second kappa shape index (κ2) is 15.3. The Morgan fingerprint density at radius 1 is 0.745 bits per heavy atom. The van der Waals surface area contributed by atoms with E-state index in [2.05, 4.69) is 16.0 Å². The number of benzene rings is 4. The van der Waals surface area contributed by atoms with Crippen LogP contribution >= 0.6 is 0 Å². The number of hydrogen-bond donors (Lipinski definition) is 8. The maximum absolute atomic E-state index is 13.2. The van der Waals surface area contributed by atoms with E-state index in [1.807, 2.05) is 30.3 Å². The first kappa shape index (κ1) is 33.8. The van der Waals surface area contributed by atoms with Crippen LogP contribution in [-0.2, 0) is 32.0 Å². The zero-order valence-corrected chi connectivity index (χ0v) is 25.1. The van der Waals surface area contributed by atoms with Gasteiger partial charge in [-0.3, -0.25) is 24.6 Å². The quantitative estimate of drug-likeness (QED) is 0.0743. The molecule has 0 aliphatic rings. The van der Waals surface area contributed by atoms with Crippen LogP contribution in [0.5, 0.6) is 0 Å². The van der Waals surface area contributed by atoms with Crippen LogP contribution in [0.1, 0.15) is 33.5 Å². The van der Waals surface area contributed by atoms with Gasteiger partial charge in [0.05, 0.1) is 12.5 Å². The number of carbonyl (C=O) groups excluding carboxylic acids is 3. The highest BCUT2D eigenvalue weighted by Crippen LogP contribution is 2.20. The minimum atomic E-state index is -1.60. The number of nitrogen functional groups attached to an aromatic ring is 1. The van der Waals surface area contributed by atoms with E-state index in [0.29, 0.717) is 11.1 Å². The normalized spacial score (nSPS) is 12.7. The van der Waals surface area contributed by atoms with Gasteiger partial charge in [0.25, 0.3) is 5.91 Å². The lowest BCUT2D eigenvalue weighted by Crippen LogP contribution is -2.53. The molecule has 0 fully saturated rings. The number of hydrogen-bond acceptors (Lipinski definition) is 7. The van der Waals surface area contributed by atoms with Crippen molar-refractivity contribution in [2.24, 2.45) is 11.5 Å². The van der Waals surface area contributed by atoms with Crippen LogP contribution in [-0.4, -0.2) is 63.8 Å². The number of fused-ring (bicyclic) bond motifs is 1. The molecule has 1 unspecified atom stereocenters. The van der Waals surface area contributed by atoms with Crippen molar-refractivity contribution in [1.29, 1.82) is 5.41 Å². The predicted molar refractivity (Wildman–Crippen MR) is 175 cm³/mol. The summed E-state index contributed by atoms with van der Waals surface area (Å²) >= 11 is 0. The van der Waals surface area contributed by atoms with Crippen LogP contribution in [0.2, 0.25) is 0 Å². The monoisotopic (exact) mass is 638 g/mol. The summed E-state index contributed by atoms with van der Waals surface area (Å²) in [4.78, 5) is 62.7. The maximum atomic E-state index is 13.2. The van der Waals surface area contributed by atoms with Gasteiger partial charge in [-0.05, 0) is 46.5 Å². The number of nitrogens with one attached hydrogen (secondary N) is 4. The molecule has 0 heterocycles. The third-order valence-electron chi connectivity index (χ3n) is 7.37. The molecule has 0 aliphatic carbocycles. The number of rotatable bonds is 14. The Morgan fingerprint density at radius 2 is 1.43 bits per heavy atom. The summed E-state index contributed by atoms with van der Waals surface area (Å²) < 4.78 is 0. The number of nitrogens with two attached hydrogens (primary N) is 2. The van der Waals surface area contributed by atoms with Crippen molar-refractivity contribution < 1.29 is 34.2 Å². The second-order valence-electron chi connectivity index (χ2n) is 10.9. The van der Waals surface area contributed by atoms with Crippen molar-refractivity contribution in [3.63, 3.8) is 0 Å². The summed E-state index contributed by atoms with van der Waals surface area (Å²) in [6.07, 6.45) is -0.700. The van der Waals surface area contributed by atoms with Gasteiger partial charge in [0.1, 0.15) is 17.9 Å². The topological polar surface area (TPSA) is 238 Å². The highest BCUT2D eigenvalue weighted by molar-refractivity contribution is 6.01. The van der Waals surface area contributed by atoms with Crippen molar-refractivity contribution in [2.45, 2.75) is 37.4 Å². The molecule has 0 saturated heterocycles. The summed E-state index contributed by atoms with van der Waals surface area (Å²) in [7, 11) is 0. The van der Waals surface area contributed by atoms with E-state index in [9.17, 15) is 34.2 Å². The lowest BCUT2D eigenvalue weighted by molar-refractivity contribution is -0.142. The minimum absolute atomic E-state index is 0.00456. The number of aliphatic carboxylic acids is 2. The molecule has 4 aromatic rings. The van der Waals surface area contributed by atoms with Gasteiger partial charge >= 0.3 is 11.9 Å². The summed E-state index contributed by atoms with van der Waals surface area (Å²) in [5, 5.41) is 35.8. The minimum Gasteiger partial charge on any atom is -0.481 e. The molecule has 4 aromatic carbocycles. The van der Waals surface area contributed by atoms with Gasteiger partial charge in [0, 0.05) is 23.2 Å². The van der Waals surface area contributed by atoms with E-state index in [4.69, 9.17) is 16.9 Å². The number of carbonyl (C=O) groups is 5. The Balaban J connectivity index is 1.42. The molecule has 3 atom stereocenters. The van der Waals surface area contributed by atoms with Crippen LogP contribution in [0.4, 0.5) is 5.69 Å². The van der Waals surface area contributed by atoms with Gasteiger partial charge in [-0.25, -0.2) is 4.79 Å². The molecular weight excluding hydrogens is 604 g/mol. The first-order chi connectivity index (χ1) is 22.4. The molecule has 0 radical (unpaired) electrons. The standard InChI is InChI=1S/C34H34N6O7/c35-26(15-19-11-13-21(14-12-19)30(36)37)32(44)38-24-9-4-8-23(16-24)31(43)39-27(18-29(41)42)33(45)40-28(34(46)47)17-22-7-3-6-20-5-1-2-10-25(20)22/h1-14,16,26-28H,15,17-18,35H2,(H3,36,37)(H,38,44)(H,39,43)(H,40,45)(H,41,42)(H,46,47)/t26?,27-,28-/m0/s1. The molecule has 0 saturated carbocycles. The van der Waals surface area contributed by atoms with Crippen LogP contribution in [0.15, 0.2) is 91.0 Å². The van der Waals surface area contributed by atoms with Crippen LogP contribution in [0, 0.1) is 5.41 Å². The fraction of sp³-hybridized carbons (Fsp3) is 0.176. The highest BCUT2D eigenvalue weighted by Gasteiger charge is 2.29. The summed E-state index contributed by atoms with van der Waals surface area (Å²) in [5.74, 6) is -5.15. The van der Waals surface area contributed by atoms with Crippen LogP contribution < -0.4 is 27.4 Å². The van der Waals surface area contributed by atoms with Crippen molar-refractivity contribution >= 4 is 52.0 Å². The van der Waals surface area contributed by atoms with Crippen LogP contribution in [0.3, 0.4) is 0 Å². The molecule has 13 nitrogen and oxygen atoms in total. The zero-order valence-electron chi connectivity index (χ0n) is 25.1. The van der Waals surface area contributed by atoms with Gasteiger partial charge in [-0.2, -0.15) is 0 Å². The number of carboxylic acid groups (broad SMARTS) is 2. The zero-order chi connectivity index (χ0) is 34.1. The second-order valence-corrected chi connectivity index (χ2v) is 10.9. The Kier molecular flexibility index (Phi) is 11.0. The largest absolute Gasteiger partial charge is 0.481 e. The van der Waals surface area contributed by atoms with Gasteiger partial charge in [0.2, 0.25) is 11.8 Å². The molecule has 0 bridgehead atoms. The molecule has 3 amide bonds. The smallest absolute Gasteiger partial charge is 0.326 e. The van der Waals surface area contributed by atoms with E-state index >= 15 is 0 Å². The van der Waals surface area contributed by atoms with E-state index in [1.165, 1.54) is 24.3 Å². The maximum Gasteiger partial charge on any atom is 0.326 e. The number of amides is 3. The van der Waals surface area contributed by atoms with Crippen molar-refractivity contribution in [1.82, 2.24) is 10.6 Å². The number of carboxylic acids is 2. The third-order valence-corrected chi connectivity index (χ3v) is 7.37. The third kappa shape index (κ3) is 9.22. The fourth-order valence-electron chi connectivity index (χ4n) is 4.93. The molecule has 0 spiro atoms. The van der Waals surface area contributed by atoms with Crippen molar-refractivity contribution in [3.05, 3.63) is 113 Å². The van der Waals surface area contributed by atoms with Crippen molar-refractivity contribution in [3.8, 4) is 0 Å². The molecule has 4 rings (SSSR count). The fourth-order valence-corrected chi connectivity index (χ4v) is 4.93. The molecule has 0 aromatic heterocycles. The molecule has 47 heavy (non-hydrogen) atoms. The Labute approximate surface area is 269 Å². The van der Waals surface area contributed by atoms with Gasteiger partial charge in [-0.1, -0.05) is 72.8 Å². The SMILES string of the molecule is N=C(N)c1ccc(CC(N)C(=O)Nc2cccc(C(=O)N[C@@H](CC(=O)O)C(=O)N[C@@H](Cc3cccc4ccccc34)C(=O)O)c2)cc1. The first-order valence-electron chi connectivity index (χ1n) is 14.5. The van der Waals surface area contributed by atoms with Crippen LogP contribution in [0.25, 0.3) is 10.8 Å². The lowest BCUT2D eigenvalue weighted by Gasteiger charge is -2.21. The first-order valence-corrected chi connectivity index (χ1v) is 14.5. The molecule has 242 valence electrons. The van der Waals surface area contributed by atoms with Gasteiger partial charge in [0.15, 0.2) is 0 Å². The summed E-state index contributed by atoms with van der Waals surface area (Å²) in [6, 6.07) is 21.2. The molecule has 0 aliphatic heterocycles. The Bertz CT molecular complexity index is 1820. The van der Waals surface area contributed by atoms with E-state index < -0.39 is 54.2 Å². The lowest BCUT2D eigenvalue weighted by atomic mass is 9.98. The van der Waals surface area contributed by atoms with Gasteiger partial charge in [-0.15, -0.1) is 0 Å². The average molecular weight is 639 g/mol. The Morgan fingerprint density at radius 3 is 2.11 bits per heavy atom. The Hall–Kier alpha value is -6.08. The molecule has 10 N–H and O–H groups in total. The highest BCUT2D eigenvalue weighted by atomic mass is 16.4. The van der Waals surface area contributed by atoms with E-state index in [-0.39, 0.29) is 29.9 Å². The predicted octanol–water partition coefficient (Wildman–Crippen LogP) is 2.02. The average Bonchev–Trinajstić information content (AvgIpc) is 3.04. The van der Waals surface area contributed by atoms with Gasteiger partial charge < -0.3 is 37.6 Å². The number of amidine groups is 1. The summed E-state index contributed by atoms with van der Waals surface area (Å²) in [5.41, 5.74) is 13.7. The van der Waals surface area contributed by atoms with E-state index in [0.717, 1.165) is 16.3 Å². The molecular formula is C34H34N6O7. The van der Waals surface area contributed by atoms with E-state index in [1.54, 1.807) is 36.4 Å². The molecule has 13 heteroatoms. The number of anilines is 1.